The summed E-state index contributed by atoms with van der Waals surface area (Å²) in [6.45, 7) is 3.06. The van der Waals surface area contributed by atoms with Gasteiger partial charge in [0.05, 0.1) is 6.20 Å². The average molecular weight is 486 g/mol. The summed E-state index contributed by atoms with van der Waals surface area (Å²) in [4.78, 5) is 23.9. The fourth-order valence-corrected chi connectivity index (χ4v) is 3.83. The Hall–Kier alpha value is -4.43. The van der Waals surface area contributed by atoms with Gasteiger partial charge in [0, 0.05) is 12.6 Å². The normalized spacial score (nSPS) is 13.4. The Balaban J connectivity index is 1.50. The third-order valence-corrected chi connectivity index (χ3v) is 6.10. The van der Waals surface area contributed by atoms with Gasteiger partial charge in [-0.1, -0.05) is 78.9 Å². The molecule has 1 amide bonds. The van der Waals surface area contributed by atoms with E-state index in [4.69, 9.17) is 4.74 Å². The van der Waals surface area contributed by atoms with Crippen LogP contribution >= 0.6 is 0 Å². The lowest BCUT2D eigenvalue weighted by atomic mass is 9.93. The first-order valence-electron chi connectivity index (χ1n) is 11.4. The maximum Gasteiger partial charge on any atom is 0.413 e. The number of aliphatic hydroxyl groups is 1. The summed E-state index contributed by atoms with van der Waals surface area (Å²) in [5.74, 6) is -0.799. The van der Waals surface area contributed by atoms with Gasteiger partial charge in [0.25, 0.3) is 0 Å². The number of nitrogens with one attached hydrogen (secondary N) is 1. The van der Waals surface area contributed by atoms with Crippen LogP contribution in [0.3, 0.4) is 0 Å². The van der Waals surface area contributed by atoms with Gasteiger partial charge in [-0.25, -0.2) is 9.59 Å². The summed E-state index contributed by atoms with van der Waals surface area (Å²) in [6.07, 6.45) is 0.687. The number of hydrogen-bond acceptors (Lipinski definition) is 5. The van der Waals surface area contributed by atoms with Crippen molar-refractivity contribution in [3.63, 3.8) is 0 Å². The quantitative estimate of drug-likeness (QED) is 0.325. The van der Waals surface area contributed by atoms with E-state index in [2.05, 4.69) is 10.4 Å². The Morgan fingerprint density at radius 2 is 1.50 bits per heavy atom. The number of amides is 1. The molecule has 0 bridgehead atoms. The maximum atomic E-state index is 12.6. The number of nitrogens with zero attached hydrogens (tertiary/aromatic N) is 2. The van der Waals surface area contributed by atoms with Gasteiger partial charge in [-0.2, -0.15) is 5.10 Å². The molecule has 0 saturated heterocycles. The highest BCUT2D eigenvalue weighted by molar-refractivity contribution is 5.90. The molecule has 1 heterocycles. The van der Waals surface area contributed by atoms with Crippen LogP contribution in [0.2, 0.25) is 0 Å². The largest absolute Gasteiger partial charge is 0.479 e. The van der Waals surface area contributed by atoms with E-state index in [1.54, 1.807) is 42.2 Å². The van der Waals surface area contributed by atoms with Crippen LogP contribution in [0.1, 0.15) is 31.1 Å². The first-order chi connectivity index (χ1) is 17.2. The van der Waals surface area contributed by atoms with Gasteiger partial charge in [0.1, 0.15) is 11.9 Å². The van der Waals surface area contributed by atoms with E-state index in [0.717, 1.165) is 27.8 Å². The van der Waals surface area contributed by atoms with Gasteiger partial charge >= 0.3 is 12.1 Å². The number of aromatic nitrogens is 2. The zero-order valence-electron chi connectivity index (χ0n) is 20.2. The summed E-state index contributed by atoms with van der Waals surface area (Å²) in [5, 5.41) is 26.4. The van der Waals surface area contributed by atoms with Crippen LogP contribution < -0.4 is 5.32 Å². The predicted octanol–water partition coefficient (Wildman–Crippen LogP) is 5.36. The highest BCUT2D eigenvalue weighted by atomic mass is 16.6. The standard InChI is InChI=1S/C28H27N3O5/c1-18(19-7-5-4-6-8-19)36-27(34)30-25-24(17-29-31(25)3)22-11-9-20(10-12-22)21-13-15-23(16-14-21)28(2,35)26(32)33/h4-18,35H,1-3H3,(H,30,34)(H,32,33)/t18-,28?/m1/s1. The summed E-state index contributed by atoms with van der Waals surface area (Å²) in [6, 6.07) is 23.9. The molecule has 0 aliphatic heterocycles. The van der Waals surface area contributed by atoms with E-state index >= 15 is 0 Å². The van der Waals surface area contributed by atoms with Crippen LogP contribution in [0, 0.1) is 0 Å². The van der Waals surface area contributed by atoms with E-state index in [0.29, 0.717) is 11.4 Å². The number of hydrogen-bond donors (Lipinski definition) is 3. The van der Waals surface area contributed by atoms with Crippen molar-refractivity contribution in [2.24, 2.45) is 7.05 Å². The van der Waals surface area contributed by atoms with Crippen LogP contribution in [0.4, 0.5) is 10.6 Å². The van der Waals surface area contributed by atoms with Crippen molar-refractivity contribution < 1.29 is 24.5 Å². The molecule has 0 fully saturated rings. The van der Waals surface area contributed by atoms with Crippen LogP contribution in [0.25, 0.3) is 22.3 Å². The number of ether oxygens (including phenoxy) is 1. The van der Waals surface area contributed by atoms with E-state index in [9.17, 15) is 19.8 Å². The molecule has 0 aliphatic rings. The smallest absolute Gasteiger partial charge is 0.413 e. The Bertz CT molecular complexity index is 1360. The van der Waals surface area contributed by atoms with Crippen LogP contribution in [0.15, 0.2) is 85.1 Å². The van der Waals surface area contributed by atoms with E-state index in [1.165, 1.54) is 6.92 Å². The molecule has 0 aliphatic carbocycles. The molecule has 184 valence electrons. The molecule has 0 spiro atoms. The molecular weight excluding hydrogens is 458 g/mol. The van der Waals surface area contributed by atoms with Gasteiger partial charge in [0.15, 0.2) is 5.60 Å². The second-order valence-electron chi connectivity index (χ2n) is 8.65. The second-order valence-corrected chi connectivity index (χ2v) is 8.65. The lowest BCUT2D eigenvalue weighted by molar-refractivity contribution is -0.157. The minimum Gasteiger partial charge on any atom is -0.479 e. The SMILES string of the molecule is C[C@@H](OC(=O)Nc1c(-c2ccc(-c3ccc(C(C)(O)C(=O)O)cc3)cc2)cnn1C)c1ccccc1. The minimum absolute atomic E-state index is 0.301. The molecule has 0 saturated carbocycles. The Morgan fingerprint density at radius 1 is 0.944 bits per heavy atom. The van der Waals surface area contributed by atoms with Crippen LogP contribution in [-0.2, 0) is 22.2 Å². The van der Waals surface area contributed by atoms with Crippen molar-refractivity contribution in [2.75, 3.05) is 5.32 Å². The molecule has 3 aromatic carbocycles. The first kappa shape index (κ1) is 24.7. The molecule has 3 N–H and O–H groups in total. The van der Waals surface area contributed by atoms with E-state index in [1.807, 2.05) is 61.5 Å². The number of carboxylic acids is 1. The zero-order chi connectivity index (χ0) is 25.9. The van der Waals surface area contributed by atoms with Crippen molar-refractivity contribution in [1.29, 1.82) is 0 Å². The van der Waals surface area contributed by atoms with Crippen molar-refractivity contribution in [3.8, 4) is 22.3 Å². The zero-order valence-corrected chi connectivity index (χ0v) is 20.2. The Kier molecular flexibility index (Phi) is 6.89. The summed E-state index contributed by atoms with van der Waals surface area (Å²) in [7, 11) is 1.74. The number of aliphatic carboxylic acids is 1. The summed E-state index contributed by atoms with van der Waals surface area (Å²) < 4.78 is 7.11. The molecule has 1 unspecified atom stereocenters. The summed E-state index contributed by atoms with van der Waals surface area (Å²) in [5.41, 5.74) is 2.61. The lowest BCUT2D eigenvalue weighted by Gasteiger charge is -2.18. The average Bonchev–Trinajstić information content (AvgIpc) is 3.24. The number of benzene rings is 3. The van der Waals surface area contributed by atoms with Crippen molar-refractivity contribution >= 4 is 17.9 Å². The van der Waals surface area contributed by atoms with Crippen molar-refractivity contribution in [2.45, 2.75) is 25.6 Å². The van der Waals surface area contributed by atoms with Gasteiger partial charge in [-0.3, -0.25) is 10.00 Å². The number of carbonyl (C=O) groups is 2. The highest BCUT2D eigenvalue weighted by Crippen LogP contribution is 2.31. The maximum absolute atomic E-state index is 12.6. The van der Waals surface area contributed by atoms with Gasteiger partial charge in [-0.05, 0) is 41.7 Å². The molecule has 4 rings (SSSR count). The third-order valence-electron chi connectivity index (χ3n) is 6.10. The Morgan fingerprint density at radius 3 is 2.08 bits per heavy atom. The van der Waals surface area contributed by atoms with Gasteiger partial charge < -0.3 is 14.9 Å². The molecule has 2 atom stereocenters. The fourth-order valence-electron chi connectivity index (χ4n) is 3.83. The van der Waals surface area contributed by atoms with Gasteiger partial charge in [-0.15, -0.1) is 0 Å². The number of carboxylic acid groups (broad SMARTS) is 1. The summed E-state index contributed by atoms with van der Waals surface area (Å²) >= 11 is 0. The monoisotopic (exact) mass is 485 g/mol. The predicted molar refractivity (Wildman–Crippen MR) is 136 cm³/mol. The van der Waals surface area contributed by atoms with Crippen molar-refractivity contribution in [3.05, 3.63) is 96.2 Å². The number of aryl methyl sites for hydroxylation is 1. The Labute approximate surface area is 208 Å². The first-order valence-corrected chi connectivity index (χ1v) is 11.4. The van der Waals surface area contributed by atoms with E-state index < -0.39 is 23.8 Å². The highest BCUT2D eigenvalue weighted by Gasteiger charge is 2.31. The molecule has 4 aromatic rings. The lowest BCUT2D eigenvalue weighted by Crippen LogP contribution is -2.31. The number of anilines is 1. The second kappa shape index (κ2) is 10.1. The number of rotatable bonds is 7. The molecule has 36 heavy (non-hydrogen) atoms. The van der Waals surface area contributed by atoms with E-state index in [-0.39, 0.29) is 0 Å². The van der Waals surface area contributed by atoms with Crippen LogP contribution in [-0.4, -0.2) is 32.1 Å². The molecule has 8 heteroatoms. The molecule has 1 aromatic heterocycles. The molecular formula is C28H27N3O5. The van der Waals surface area contributed by atoms with Crippen molar-refractivity contribution in [1.82, 2.24) is 9.78 Å². The van der Waals surface area contributed by atoms with Crippen LogP contribution in [0.5, 0.6) is 0 Å². The molecule has 8 nitrogen and oxygen atoms in total. The molecule has 0 radical (unpaired) electrons. The topological polar surface area (TPSA) is 114 Å². The fraction of sp³-hybridized carbons (Fsp3) is 0.179. The minimum atomic E-state index is -1.95. The number of carbonyl (C=O) groups excluding carboxylic acids is 1. The third kappa shape index (κ3) is 5.13. The van der Waals surface area contributed by atoms with Gasteiger partial charge in [0.2, 0.25) is 0 Å².